The first kappa shape index (κ1) is 20.9. The van der Waals surface area contributed by atoms with Gasteiger partial charge >= 0.3 is 5.97 Å². The van der Waals surface area contributed by atoms with Gasteiger partial charge in [0.1, 0.15) is 0 Å². The van der Waals surface area contributed by atoms with Crippen LogP contribution in [0.1, 0.15) is 18.1 Å². The molecule has 144 valence electrons. The summed E-state index contributed by atoms with van der Waals surface area (Å²) in [5, 5.41) is 29.3. The van der Waals surface area contributed by atoms with E-state index in [2.05, 4.69) is 15.9 Å². The van der Waals surface area contributed by atoms with E-state index in [1.807, 2.05) is 6.07 Å². The van der Waals surface area contributed by atoms with Crippen molar-refractivity contribution in [3.63, 3.8) is 0 Å². The highest BCUT2D eigenvalue weighted by Gasteiger charge is 2.14. The molecule has 0 atom stereocenters. The monoisotopic (exact) mass is 446 g/mol. The molecule has 0 aromatic heterocycles. The molecule has 0 fully saturated rings. The number of hydrogen-bond acceptors (Lipinski definition) is 6. The highest BCUT2D eigenvalue weighted by molar-refractivity contribution is 9.10. The van der Waals surface area contributed by atoms with Gasteiger partial charge in [-0.1, -0.05) is 12.1 Å². The molecule has 2 aromatic carbocycles. The Morgan fingerprint density at radius 3 is 2.71 bits per heavy atom. The van der Waals surface area contributed by atoms with E-state index in [-0.39, 0.29) is 17.0 Å². The lowest BCUT2D eigenvalue weighted by Crippen LogP contribution is -2.10. The van der Waals surface area contributed by atoms with Crippen molar-refractivity contribution in [2.45, 2.75) is 6.92 Å². The van der Waals surface area contributed by atoms with Crippen LogP contribution in [0.5, 0.6) is 11.5 Å². The summed E-state index contributed by atoms with van der Waals surface area (Å²) in [6.07, 6.45) is 1.55. The third kappa shape index (κ3) is 5.31. The number of nitro groups is 1. The Labute approximate surface area is 168 Å². The first-order chi connectivity index (χ1) is 13.3. The SMILES string of the molecule is CCOc1cc(/C=C(/C#N)c2cccc([N+](=O)[O-])c2)cc(Br)c1OCC(=O)O. The van der Waals surface area contributed by atoms with Gasteiger partial charge in [-0.3, -0.25) is 10.1 Å². The van der Waals surface area contributed by atoms with Crippen molar-refractivity contribution in [2.75, 3.05) is 13.2 Å². The summed E-state index contributed by atoms with van der Waals surface area (Å²) in [7, 11) is 0. The zero-order valence-electron chi connectivity index (χ0n) is 14.7. The molecule has 0 heterocycles. The molecule has 0 bridgehead atoms. The molecule has 0 spiro atoms. The summed E-state index contributed by atoms with van der Waals surface area (Å²) in [5.74, 6) is -0.591. The molecular formula is C19H15BrN2O6. The van der Waals surface area contributed by atoms with Crippen LogP contribution in [0.15, 0.2) is 40.9 Å². The summed E-state index contributed by atoms with van der Waals surface area (Å²) in [6, 6.07) is 11.0. The van der Waals surface area contributed by atoms with Crippen LogP contribution in [0.3, 0.4) is 0 Å². The van der Waals surface area contributed by atoms with E-state index in [9.17, 15) is 20.2 Å². The van der Waals surface area contributed by atoms with Crippen LogP contribution in [0.2, 0.25) is 0 Å². The molecule has 2 aromatic rings. The molecule has 0 saturated carbocycles. The fourth-order valence-corrected chi connectivity index (χ4v) is 2.92. The van der Waals surface area contributed by atoms with Crippen molar-refractivity contribution in [1.82, 2.24) is 0 Å². The Morgan fingerprint density at radius 1 is 1.36 bits per heavy atom. The minimum absolute atomic E-state index is 0.118. The first-order valence-electron chi connectivity index (χ1n) is 8.03. The quantitative estimate of drug-likeness (QED) is 0.277. The van der Waals surface area contributed by atoms with Crippen LogP contribution in [0, 0.1) is 21.4 Å². The number of aliphatic carboxylic acids is 1. The molecule has 28 heavy (non-hydrogen) atoms. The van der Waals surface area contributed by atoms with Crippen LogP contribution in [0.25, 0.3) is 11.6 Å². The van der Waals surface area contributed by atoms with Crippen LogP contribution < -0.4 is 9.47 Å². The third-order valence-corrected chi connectivity index (χ3v) is 4.06. The molecule has 0 amide bonds. The lowest BCUT2D eigenvalue weighted by atomic mass is 10.0. The van der Waals surface area contributed by atoms with Gasteiger partial charge in [0.15, 0.2) is 18.1 Å². The van der Waals surface area contributed by atoms with Crippen LogP contribution in [0.4, 0.5) is 5.69 Å². The van der Waals surface area contributed by atoms with Gasteiger partial charge in [0.2, 0.25) is 0 Å². The van der Waals surface area contributed by atoms with Crippen molar-refractivity contribution in [3.8, 4) is 17.6 Å². The molecule has 0 aliphatic heterocycles. The number of nitrogens with zero attached hydrogens (tertiary/aromatic N) is 2. The number of carboxylic acid groups (broad SMARTS) is 1. The van der Waals surface area contributed by atoms with Crippen LogP contribution >= 0.6 is 15.9 Å². The number of hydrogen-bond donors (Lipinski definition) is 1. The predicted molar refractivity (Wildman–Crippen MR) is 105 cm³/mol. The Balaban J connectivity index is 2.48. The van der Waals surface area contributed by atoms with E-state index >= 15 is 0 Å². The second-order valence-corrected chi connectivity index (χ2v) is 6.28. The molecule has 1 N–H and O–H groups in total. The highest BCUT2D eigenvalue weighted by atomic mass is 79.9. The van der Waals surface area contributed by atoms with Gasteiger partial charge in [-0.15, -0.1) is 0 Å². The minimum Gasteiger partial charge on any atom is -0.490 e. The van der Waals surface area contributed by atoms with Gasteiger partial charge in [-0.25, -0.2) is 4.79 Å². The molecule has 9 heteroatoms. The second-order valence-electron chi connectivity index (χ2n) is 5.42. The number of halogens is 1. The van der Waals surface area contributed by atoms with E-state index in [0.29, 0.717) is 28.0 Å². The highest BCUT2D eigenvalue weighted by Crippen LogP contribution is 2.38. The Morgan fingerprint density at radius 2 is 2.11 bits per heavy atom. The number of non-ortho nitro benzene ring substituents is 1. The molecule has 0 aliphatic rings. The van der Waals surface area contributed by atoms with Gasteiger partial charge in [0.05, 0.1) is 27.6 Å². The van der Waals surface area contributed by atoms with Crippen molar-refractivity contribution in [1.29, 1.82) is 5.26 Å². The normalized spacial score (nSPS) is 10.8. The molecule has 0 aliphatic carbocycles. The number of nitro benzene ring substituents is 1. The fraction of sp³-hybridized carbons (Fsp3) is 0.158. The molecule has 0 unspecified atom stereocenters. The lowest BCUT2D eigenvalue weighted by Gasteiger charge is -2.13. The van der Waals surface area contributed by atoms with Gasteiger partial charge in [0, 0.05) is 12.1 Å². The zero-order valence-corrected chi connectivity index (χ0v) is 16.3. The maximum atomic E-state index is 11.0. The summed E-state index contributed by atoms with van der Waals surface area (Å²) in [5.41, 5.74) is 1.07. The minimum atomic E-state index is -1.13. The maximum absolute atomic E-state index is 11.0. The van der Waals surface area contributed by atoms with E-state index < -0.39 is 17.5 Å². The standard InChI is InChI=1S/C19H15BrN2O6/c1-2-27-17-8-12(7-16(20)19(17)28-11-18(23)24)6-14(10-21)13-4-3-5-15(9-13)22(25)26/h3-9H,2,11H2,1H3,(H,23,24)/b14-6-. The largest absolute Gasteiger partial charge is 0.490 e. The average molecular weight is 447 g/mol. The third-order valence-electron chi connectivity index (χ3n) is 3.47. The van der Waals surface area contributed by atoms with Crippen LogP contribution in [-0.2, 0) is 4.79 Å². The van der Waals surface area contributed by atoms with E-state index in [1.165, 1.54) is 18.2 Å². The molecule has 2 rings (SSSR count). The average Bonchev–Trinajstić information content (AvgIpc) is 2.65. The molecule has 8 nitrogen and oxygen atoms in total. The number of rotatable bonds is 8. The number of nitriles is 1. The number of carbonyl (C=O) groups is 1. The number of benzene rings is 2. The molecular weight excluding hydrogens is 432 g/mol. The van der Waals surface area contributed by atoms with Gasteiger partial charge in [0.25, 0.3) is 5.69 Å². The van der Waals surface area contributed by atoms with Crippen molar-refractivity contribution in [2.24, 2.45) is 0 Å². The van der Waals surface area contributed by atoms with Gasteiger partial charge in [-0.2, -0.15) is 5.26 Å². The first-order valence-corrected chi connectivity index (χ1v) is 8.82. The van der Waals surface area contributed by atoms with E-state index in [1.54, 1.807) is 31.2 Å². The second kappa shape index (κ2) is 9.53. The number of ether oxygens (including phenoxy) is 2. The van der Waals surface area contributed by atoms with Crippen LogP contribution in [-0.4, -0.2) is 29.2 Å². The predicted octanol–water partition coefficient (Wildman–Crippen LogP) is 4.28. The Hall–Kier alpha value is -3.38. The smallest absolute Gasteiger partial charge is 0.341 e. The molecule has 0 radical (unpaired) electrons. The van der Waals surface area contributed by atoms with Gasteiger partial charge in [-0.05, 0) is 52.2 Å². The Kier molecular flexibility index (Phi) is 7.12. The van der Waals surface area contributed by atoms with Crippen molar-refractivity contribution in [3.05, 3.63) is 62.1 Å². The molecule has 0 saturated heterocycles. The van der Waals surface area contributed by atoms with Crippen molar-refractivity contribution < 1.29 is 24.3 Å². The fourth-order valence-electron chi connectivity index (χ4n) is 2.34. The summed E-state index contributed by atoms with van der Waals surface area (Å²) >= 11 is 3.32. The zero-order chi connectivity index (χ0) is 20.7. The van der Waals surface area contributed by atoms with Gasteiger partial charge < -0.3 is 14.6 Å². The van der Waals surface area contributed by atoms with Crippen molar-refractivity contribution >= 4 is 39.2 Å². The Bertz CT molecular complexity index is 981. The number of carboxylic acids is 1. The van der Waals surface area contributed by atoms with E-state index in [0.717, 1.165) is 0 Å². The number of allylic oxidation sites excluding steroid dienone is 1. The lowest BCUT2D eigenvalue weighted by molar-refractivity contribution is -0.384. The topological polar surface area (TPSA) is 123 Å². The summed E-state index contributed by atoms with van der Waals surface area (Å²) < 4.78 is 11.2. The van der Waals surface area contributed by atoms with E-state index in [4.69, 9.17) is 14.6 Å². The summed E-state index contributed by atoms with van der Waals surface area (Å²) in [4.78, 5) is 21.2. The maximum Gasteiger partial charge on any atom is 0.341 e. The summed E-state index contributed by atoms with van der Waals surface area (Å²) in [6.45, 7) is 1.55.